The van der Waals surface area contributed by atoms with Crippen molar-refractivity contribution in [3.05, 3.63) is 82.4 Å². The van der Waals surface area contributed by atoms with Gasteiger partial charge in [0, 0.05) is 17.8 Å². The predicted octanol–water partition coefficient (Wildman–Crippen LogP) is 3.48. The van der Waals surface area contributed by atoms with Gasteiger partial charge in [0.2, 0.25) is 0 Å². The molecule has 23 heavy (non-hydrogen) atoms. The highest BCUT2D eigenvalue weighted by Gasteiger charge is 2.22. The van der Waals surface area contributed by atoms with Crippen LogP contribution in [0.3, 0.4) is 0 Å². The van der Waals surface area contributed by atoms with Crippen LogP contribution in [0.4, 0.5) is 11.4 Å². The van der Waals surface area contributed by atoms with Crippen LogP contribution >= 0.6 is 0 Å². The number of non-ortho nitro benzene ring substituents is 1. The van der Waals surface area contributed by atoms with Crippen LogP contribution in [-0.2, 0) is 9.53 Å². The Labute approximate surface area is 133 Å². The third kappa shape index (κ3) is 3.94. The zero-order valence-corrected chi connectivity index (χ0v) is 12.6. The molecule has 1 atom stereocenters. The Morgan fingerprint density at radius 1 is 1.17 bits per heavy atom. The van der Waals surface area contributed by atoms with Crippen molar-refractivity contribution >= 4 is 17.3 Å². The third-order valence-electron chi connectivity index (χ3n) is 3.32. The van der Waals surface area contributed by atoms with E-state index >= 15 is 0 Å². The van der Waals surface area contributed by atoms with Crippen LogP contribution in [0.2, 0.25) is 0 Å². The van der Waals surface area contributed by atoms with Crippen molar-refractivity contribution < 1.29 is 14.5 Å². The number of anilines is 1. The summed E-state index contributed by atoms with van der Waals surface area (Å²) in [4.78, 5) is 22.1. The summed E-state index contributed by atoms with van der Waals surface area (Å²) in [7, 11) is 1.28. The number of hydrogen-bond donors (Lipinski definition) is 1. The second-order valence-corrected chi connectivity index (χ2v) is 4.81. The molecular formula is C17H16N2O4. The molecule has 6 heteroatoms. The number of nitrogens with zero attached hydrogens (tertiary/aromatic N) is 1. The summed E-state index contributed by atoms with van der Waals surface area (Å²) in [6.45, 7) is 3.78. The van der Waals surface area contributed by atoms with Gasteiger partial charge in [0.15, 0.2) is 0 Å². The number of carbonyl (C=O) groups excluding carboxylic acids is 1. The summed E-state index contributed by atoms with van der Waals surface area (Å²) in [5, 5.41) is 13.9. The zero-order valence-electron chi connectivity index (χ0n) is 12.6. The number of benzene rings is 2. The Morgan fingerprint density at radius 2 is 1.78 bits per heavy atom. The normalized spacial score (nSPS) is 11.3. The van der Waals surface area contributed by atoms with Gasteiger partial charge in [-0.1, -0.05) is 24.8 Å². The summed E-state index contributed by atoms with van der Waals surface area (Å²) in [5.74, 6) is -0.545. The molecule has 0 radical (unpaired) electrons. The maximum Gasteiger partial charge on any atom is 0.335 e. The van der Waals surface area contributed by atoms with Crippen molar-refractivity contribution in [3.8, 4) is 0 Å². The molecule has 6 nitrogen and oxygen atoms in total. The summed E-state index contributed by atoms with van der Waals surface area (Å²) < 4.78 is 4.73. The van der Waals surface area contributed by atoms with Gasteiger partial charge in [0.25, 0.3) is 5.69 Å². The zero-order chi connectivity index (χ0) is 16.8. The molecule has 0 aliphatic rings. The fraction of sp³-hybridized carbons (Fsp3) is 0.118. The van der Waals surface area contributed by atoms with E-state index in [0.717, 1.165) is 5.69 Å². The highest BCUT2D eigenvalue weighted by atomic mass is 16.6. The second-order valence-electron chi connectivity index (χ2n) is 4.81. The Kier molecular flexibility index (Phi) is 5.09. The molecule has 0 bridgehead atoms. The number of carbonyl (C=O) groups is 1. The SMILES string of the molecule is C=C(C(=O)OC)[C@H](Nc1ccccc1)c1ccc([N+](=O)[O-])cc1. The maximum absolute atomic E-state index is 11.8. The number of para-hydroxylation sites is 1. The maximum atomic E-state index is 11.8. The number of esters is 1. The van der Waals surface area contributed by atoms with Gasteiger partial charge >= 0.3 is 5.97 Å². The minimum absolute atomic E-state index is 0.0177. The standard InChI is InChI=1S/C17H16N2O4/c1-12(17(20)23-2)16(18-14-6-4-3-5-7-14)13-8-10-15(11-9-13)19(21)22/h3-11,16,18H,1H2,2H3/t16-/m0/s1. The quantitative estimate of drug-likeness (QED) is 0.382. The smallest absolute Gasteiger partial charge is 0.335 e. The third-order valence-corrected chi connectivity index (χ3v) is 3.32. The van der Waals surface area contributed by atoms with Gasteiger partial charge in [-0.15, -0.1) is 0 Å². The number of nitrogens with one attached hydrogen (secondary N) is 1. The van der Waals surface area contributed by atoms with E-state index in [4.69, 9.17) is 4.74 Å². The molecule has 0 unspecified atom stereocenters. The van der Waals surface area contributed by atoms with E-state index in [2.05, 4.69) is 11.9 Å². The van der Waals surface area contributed by atoms with Gasteiger partial charge in [-0.2, -0.15) is 0 Å². The average Bonchev–Trinajstić information content (AvgIpc) is 2.59. The van der Waals surface area contributed by atoms with Crippen molar-refractivity contribution in [2.75, 3.05) is 12.4 Å². The number of nitro benzene ring substituents is 1. The van der Waals surface area contributed by atoms with E-state index < -0.39 is 16.9 Å². The number of nitro groups is 1. The first-order valence-corrected chi connectivity index (χ1v) is 6.86. The lowest BCUT2D eigenvalue weighted by Gasteiger charge is -2.21. The molecule has 1 N–H and O–H groups in total. The Balaban J connectivity index is 2.34. The predicted molar refractivity (Wildman–Crippen MR) is 87.1 cm³/mol. The van der Waals surface area contributed by atoms with Crippen molar-refractivity contribution in [1.29, 1.82) is 0 Å². The number of methoxy groups -OCH3 is 1. The molecule has 2 rings (SSSR count). The molecule has 0 aromatic heterocycles. The van der Waals surface area contributed by atoms with E-state index in [1.807, 2.05) is 30.3 Å². The van der Waals surface area contributed by atoms with Crippen LogP contribution in [-0.4, -0.2) is 18.0 Å². The second kappa shape index (κ2) is 7.22. The minimum Gasteiger partial charge on any atom is -0.466 e. The van der Waals surface area contributed by atoms with Gasteiger partial charge in [0.05, 0.1) is 23.6 Å². The van der Waals surface area contributed by atoms with Crippen molar-refractivity contribution in [2.45, 2.75) is 6.04 Å². The summed E-state index contributed by atoms with van der Waals surface area (Å²) in [6, 6.07) is 14.7. The van der Waals surface area contributed by atoms with Crippen LogP contribution in [0.5, 0.6) is 0 Å². The Morgan fingerprint density at radius 3 is 2.30 bits per heavy atom. The minimum atomic E-state index is -0.550. The first kappa shape index (κ1) is 16.2. The van der Waals surface area contributed by atoms with Crippen LogP contribution in [0.15, 0.2) is 66.7 Å². The van der Waals surface area contributed by atoms with E-state index in [9.17, 15) is 14.9 Å². The largest absolute Gasteiger partial charge is 0.466 e. The lowest BCUT2D eigenvalue weighted by Crippen LogP contribution is -2.19. The topological polar surface area (TPSA) is 81.5 Å². The number of hydrogen-bond acceptors (Lipinski definition) is 5. The van der Waals surface area contributed by atoms with E-state index in [1.165, 1.54) is 19.2 Å². The molecule has 0 saturated carbocycles. The van der Waals surface area contributed by atoms with Crippen LogP contribution < -0.4 is 5.32 Å². The molecule has 2 aromatic rings. The van der Waals surface area contributed by atoms with Gasteiger partial charge in [-0.3, -0.25) is 10.1 Å². The monoisotopic (exact) mass is 312 g/mol. The molecule has 0 aliphatic heterocycles. The lowest BCUT2D eigenvalue weighted by atomic mass is 9.99. The van der Waals surface area contributed by atoms with Gasteiger partial charge in [0.1, 0.15) is 0 Å². The highest BCUT2D eigenvalue weighted by Crippen LogP contribution is 2.27. The molecule has 0 aliphatic carbocycles. The molecule has 118 valence electrons. The first-order chi connectivity index (χ1) is 11.0. The molecule has 0 saturated heterocycles. The molecule has 2 aromatic carbocycles. The van der Waals surface area contributed by atoms with Crippen LogP contribution in [0.1, 0.15) is 11.6 Å². The molecular weight excluding hydrogens is 296 g/mol. The lowest BCUT2D eigenvalue weighted by molar-refractivity contribution is -0.384. The van der Waals surface area contributed by atoms with Crippen LogP contribution in [0.25, 0.3) is 0 Å². The van der Waals surface area contributed by atoms with Crippen molar-refractivity contribution in [3.63, 3.8) is 0 Å². The molecule has 0 fully saturated rings. The summed E-state index contributed by atoms with van der Waals surface area (Å²) in [6.07, 6.45) is 0. The van der Waals surface area contributed by atoms with Gasteiger partial charge in [-0.25, -0.2) is 4.79 Å². The Bertz CT molecular complexity index is 711. The van der Waals surface area contributed by atoms with E-state index in [0.29, 0.717) is 5.56 Å². The van der Waals surface area contributed by atoms with Crippen molar-refractivity contribution in [1.82, 2.24) is 0 Å². The molecule has 0 amide bonds. The highest BCUT2D eigenvalue weighted by molar-refractivity contribution is 5.90. The Hall–Kier alpha value is -3.15. The van der Waals surface area contributed by atoms with Crippen LogP contribution in [0, 0.1) is 10.1 Å². The summed E-state index contributed by atoms with van der Waals surface area (Å²) >= 11 is 0. The fourth-order valence-corrected chi connectivity index (χ4v) is 2.11. The fourth-order valence-electron chi connectivity index (χ4n) is 2.11. The van der Waals surface area contributed by atoms with E-state index in [1.54, 1.807) is 12.1 Å². The van der Waals surface area contributed by atoms with E-state index in [-0.39, 0.29) is 11.3 Å². The van der Waals surface area contributed by atoms with Gasteiger partial charge in [-0.05, 0) is 29.8 Å². The number of rotatable bonds is 6. The molecule has 0 heterocycles. The average molecular weight is 312 g/mol. The number of ether oxygens (including phenoxy) is 1. The first-order valence-electron chi connectivity index (χ1n) is 6.86. The molecule has 0 spiro atoms. The van der Waals surface area contributed by atoms with Gasteiger partial charge < -0.3 is 10.1 Å². The van der Waals surface area contributed by atoms with Crippen molar-refractivity contribution in [2.24, 2.45) is 0 Å². The summed E-state index contributed by atoms with van der Waals surface area (Å²) in [5.41, 5.74) is 1.66.